The van der Waals surface area contributed by atoms with Crippen LogP contribution in [0.15, 0.2) is 23.1 Å². The third kappa shape index (κ3) is 2.00. The van der Waals surface area contributed by atoms with Crippen molar-refractivity contribution in [3.05, 3.63) is 24.0 Å². The van der Waals surface area contributed by atoms with Crippen LogP contribution in [0.5, 0.6) is 0 Å². The minimum Gasteiger partial charge on any atom is -0.423 e. The fourth-order valence-electron chi connectivity index (χ4n) is 0.847. The molecule has 2 nitrogen and oxygen atoms in total. The molecule has 0 spiro atoms. The van der Waals surface area contributed by atoms with Crippen molar-refractivity contribution in [1.29, 1.82) is 0 Å². The zero-order chi connectivity index (χ0) is 9.14. The fourth-order valence-corrected chi connectivity index (χ4v) is 1.30. The van der Waals surface area contributed by atoms with Crippen molar-refractivity contribution >= 4 is 24.3 Å². The van der Waals surface area contributed by atoms with Gasteiger partial charge in [0.25, 0.3) is 0 Å². The quantitative estimate of drug-likeness (QED) is 0.513. The molecule has 0 bridgehead atoms. The molecule has 0 saturated heterocycles. The topological polar surface area (TPSA) is 40.5 Å². The molecule has 0 amide bonds. The summed E-state index contributed by atoms with van der Waals surface area (Å²) >= 11 is 1.42. The van der Waals surface area contributed by atoms with Crippen molar-refractivity contribution in [2.75, 3.05) is 6.26 Å². The van der Waals surface area contributed by atoms with E-state index in [2.05, 4.69) is 0 Å². The van der Waals surface area contributed by atoms with Crippen molar-refractivity contribution in [2.45, 2.75) is 4.90 Å². The SMILES string of the molecule is CSc1ccc(F)c(B(O)O)c1. The first-order valence-corrected chi connectivity index (χ1v) is 4.57. The summed E-state index contributed by atoms with van der Waals surface area (Å²) in [5.74, 6) is -0.595. The first kappa shape index (κ1) is 9.57. The smallest absolute Gasteiger partial charge is 0.423 e. The first-order valence-electron chi connectivity index (χ1n) is 3.34. The summed E-state index contributed by atoms with van der Waals surface area (Å²) in [4.78, 5) is 0.805. The highest BCUT2D eigenvalue weighted by molar-refractivity contribution is 7.98. The largest absolute Gasteiger partial charge is 0.491 e. The van der Waals surface area contributed by atoms with E-state index in [1.54, 1.807) is 6.07 Å². The highest BCUT2D eigenvalue weighted by Gasteiger charge is 2.16. The average molecular weight is 186 g/mol. The van der Waals surface area contributed by atoms with Crippen molar-refractivity contribution in [3.8, 4) is 0 Å². The summed E-state index contributed by atoms with van der Waals surface area (Å²) in [5.41, 5.74) is -0.0816. The molecule has 0 heterocycles. The molecule has 1 rings (SSSR count). The van der Waals surface area contributed by atoms with Crippen molar-refractivity contribution in [1.82, 2.24) is 0 Å². The normalized spacial score (nSPS) is 10.0. The van der Waals surface area contributed by atoms with Crippen LogP contribution >= 0.6 is 11.8 Å². The van der Waals surface area contributed by atoms with Crippen molar-refractivity contribution in [2.24, 2.45) is 0 Å². The third-order valence-electron chi connectivity index (χ3n) is 1.48. The lowest BCUT2D eigenvalue weighted by atomic mass is 9.80. The Labute approximate surface area is 74.6 Å². The lowest BCUT2D eigenvalue weighted by Gasteiger charge is -2.02. The second kappa shape index (κ2) is 3.93. The molecule has 0 aliphatic heterocycles. The Kier molecular flexibility index (Phi) is 3.14. The van der Waals surface area contributed by atoms with E-state index < -0.39 is 12.9 Å². The second-order valence-electron chi connectivity index (χ2n) is 2.26. The van der Waals surface area contributed by atoms with Gasteiger partial charge in [0.05, 0.1) is 0 Å². The number of rotatable bonds is 2. The summed E-state index contributed by atoms with van der Waals surface area (Å²) in [6, 6.07) is 4.23. The zero-order valence-corrected chi connectivity index (χ0v) is 7.31. The number of benzene rings is 1. The van der Waals surface area contributed by atoms with Crippen LogP contribution in [0.3, 0.4) is 0 Å². The lowest BCUT2D eigenvalue weighted by molar-refractivity contribution is 0.423. The molecule has 5 heteroatoms. The van der Waals surface area contributed by atoms with Crippen LogP contribution in [-0.4, -0.2) is 23.4 Å². The number of halogens is 1. The molecular formula is C7H8BFO2S. The summed E-state index contributed by atoms with van der Waals surface area (Å²) in [6.07, 6.45) is 1.83. The van der Waals surface area contributed by atoms with E-state index >= 15 is 0 Å². The molecule has 0 saturated carbocycles. The van der Waals surface area contributed by atoms with Crippen LogP contribution in [0.1, 0.15) is 0 Å². The summed E-state index contributed by atoms with van der Waals surface area (Å²) in [6.45, 7) is 0. The molecule has 1 aromatic rings. The Balaban J connectivity index is 3.08. The maximum Gasteiger partial charge on any atom is 0.491 e. The van der Waals surface area contributed by atoms with E-state index in [1.807, 2.05) is 6.26 Å². The number of hydrogen-bond donors (Lipinski definition) is 2. The Hall–Kier alpha value is -0.515. The van der Waals surface area contributed by atoms with E-state index in [0.29, 0.717) is 0 Å². The Morgan fingerprint density at radius 3 is 2.58 bits per heavy atom. The van der Waals surface area contributed by atoms with Crippen LogP contribution in [0, 0.1) is 5.82 Å². The van der Waals surface area contributed by atoms with E-state index in [-0.39, 0.29) is 5.46 Å². The molecule has 0 aliphatic carbocycles. The van der Waals surface area contributed by atoms with E-state index in [0.717, 1.165) is 4.90 Å². The van der Waals surface area contributed by atoms with E-state index in [4.69, 9.17) is 10.0 Å². The molecule has 1 aromatic carbocycles. The monoisotopic (exact) mass is 186 g/mol. The maximum absolute atomic E-state index is 12.8. The third-order valence-corrected chi connectivity index (χ3v) is 2.21. The van der Waals surface area contributed by atoms with Gasteiger partial charge in [-0.3, -0.25) is 0 Å². The number of thioether (sulfide) groups is 1. The second-order valence-corrected chi connectivity index (χ2v) is 3.14. The molecule has 2 N–H and O–H groups in total. The predicted octanol–water partition coefficient (Wildman–Crippen LogP) is 0.227. The van der Waals surface area contributed by atoms with Gasteiger partial charge in [-0.25, -0.2) is 4.39 Å². The van der Waals surface area contributed by atoms with Gasteiger partial charge in [-0.05, 0) is 24.5 Å². The van der Waals surface area contributed by atoms with Gasteiger partial charge in [0.15, 0.2) is 0 Å². The van der Waals surface area contributed by atoms with Gasteiger partial charge in [-0.15, -0.1) is 11.8 Å². The van der Waals surface area contributed by atoms with E-state index in [9.17, 15) is 4.39 Å². The minimum atomic E-state index is -1.74. The number of hydrogen-bond acceptors (Lipinski definition) is 3. The molecule has 0 fully saturated rings. The molecule has 0 atom stereocenters. The summed E-state index contributed by atoms with van der Waals surface area (Å²) in [7, 11) is -1.74. The molecule has 12 heavy (non-hydrogen) atoms. The standard InChI is InChI=1S/C7H8BFO2S/c1-12-5-2-3-7(9)6(4-5)8(10)11/h2-4,10-11H,1H3. The van der Waals surface area contributed by atoms with Crippen molar-refractivity contribution in [3.63, 3.8) is 0 Å². The van der Waals surface area contributed by atoms with Gasteiger partial charge in [0.1, 0.15) is 5.82 Å². The van der Waals surface area contributed by atoms with Gasteiger partial charge in [-0.2, -0.15) is 0 Å². The van der Waals surface area contributed by atoms with Crippen LogP contribution in [0.2, 0.25) is 0 Å². The van der Waals surface area contributed by atoms with Crippen LogP contribution in [0.25, 0.3) is 0 Å². The van der Waals surface area contributed by atoms with Gasteiger partial charge < -0.3 is 10.0 Å². The Morgan fingerprint density at radius 2 is 2.08 bits per heavy atom. The summed E-state index contributed by atoms with van der Waals surface area (Å²) < 4.78 is 12.8. The molecule has 0 aliphatic rings. The highest BCUT2D eigenvalue weighted by atomic mass is 32.2. The molecule has 64 valence electrons. The Bertz CT molecular complexity index is 280. The molecular weight excluding hydrogens is 178 g/mol. The minimum absolute atomic E-state index is 0.0816. The van der Waals surface area contributed by atoms with Crippen LogP contribution in [-0.2, 0) is 0 Å². The predicted molar refractivity (Wildman–Crippen MR) is 48.0 cm³/mol. The van der Waals surface area contributed by atoms with Crippen LogP contribution in [0.4, 0.5) is 4.39 Å². The maximum atomic E-state index is 12.8. The van der Waals surface area contributed by atoms with Gasteiger partial charge >= 0.3 is 7.12 Å². The average Bonchev–Trinajstić information content (AvgIpc) is 2.05. The molecule has 0 radical (unpaired) electrons. The summed E-state index contributed by atoms with van der Waals surface area (Å²) in [5, 5.41) is 17.5. The molecule has 0 aromatic heterocycles. The van der Waals surface area contributed by atoms with Gasteiger partial charge in [0.2, 0.25) is 0 Å². The highest BCUT2D eigenvalue weighted by Crippen LogP contribution is 2.12. The van der Waals surface area contributed by atoms with E-state index in [1.165, 1.54) is 23.9 Å². The lowest BCUT2D eigenvalue weighted by Crippen LogP contribution is -2.32. The first-order chi connectivity index (χ1) is 5.65. The van der Waals surface area contributed by atoms with Crippen molar-refractivity contribution < 1.29 is 14.4 Å². The molecule has 0 unspecified atom stereocenters. The van der Waals surface area contributed by atoms with Gasteiger partial charge in [0, 0.05) is 10.4 Å². The van der Waals surface area contributed by atoms with Crippen LogP contribution < -0.4 is 5.46 Å². The fraction of sp³-hybridized carbons (Fsp3) is 0.143. The Morgan fingerprint density at radius 1 is 1.42 bits per heavy atom. The van der Waals surface area contributed by atoms with Gasteiger partial charge in [-0.1, -0.05) is 0 Å². The zero-order valence-electron chi connectivity index (χ0n) is 6.49.